The molecule has 3 rings (SSSR count). The van der Waals surface area contributed by atoms with Crippen LogP contribution in [0.1, 0.15) is 48.0 Å². The lowest BCUT2D eigenvalue weighted by molar-refractivity contribution is -0.384. The minimum atomic E-state index is -3.71. The molecule has 0 heterocycles. The molecule has 0 bridgehead atoms. The van der Waals surface area contributed by atoms with E-state index < -0.39 is 20.9 Å². The Bertz CT molecular complexity index is 1010. The number of non-ortho nitro benzene ring substituents is 1. The van der Waals surface area contributed by atoms with Crippen LogP contribution in [0.3, 0.4) is 0 Å². The van der Waals surface area contributed by atoms with Crippen molar-refractivity contribution in [2.45, 2.75) is 49.6 Å². The molecule has 0 aromatic heterocycles. The normalized spacial score (nSPS) is 15.1. The first-order valence-corrected chi connectivity index (χ1v) is 11.2. The van der Waals surface area contributed by atoms with Crippen molar-refractivity contribution in [2.24, 2.45) is 0 Å². The molecule has 2 aromatic rings. The molecule has 0 atom stereocenters. The molecule has 0 amide bonds. The first-order valence-electron chi connectivity index (χ1n) is 9.77. The zero-order valence-corrected chi connectivity index (χ0v) is 17.5. The Labute approximate surface area is 175 Å². The highest BCUT2D eigenvalue weighted by Gasteiger charge is 2.29. The van der Waals surface area contributed by atoms with Crippen molar-refractivity contribution in [2.75, 3.05) is 7.05 Å². The van der Waals surface area contributed by atoms with E-state index in [4.69, 9.17) is 4.74 Å². The summed E-state index contributed by atoms with van der Waals surface area (Å²) in [4.78, 5) is 22.6. The Balaban J connectivity index is 1.69. The van der Waals surface area contributed by atoms with Gasteiger partial charge in [-0.2, -0.15) is 4.31 Å². The maximum absolute atomic E-state index is 13.0. The van der Waals surface area contributed by atoms with Crippen LogP contribution in [0.2, 0.25) is 0 Å². The third kappa shape index (κ3) is 5.03. The third-order valence-corrected chi connectivity index (χ3v) is 7.26. The summed E-state index contributed by atoms with van der Waals surface area (Å²) in [6.07, 6.45) is 4.83. The second kappa shape index (κ2) is 9.36. The SMILES string of the molecule is CN(C1CCCCC1)S(=O)(=O)c1cccc(C(=O)OCc2ccc([N+](=O)[O-])cc2)c1. The Hall–Kier alpha value is -2.78. The van der Waals surface area contributed by atoms with Gasteiger partial charge in [0.15, 0.2) is 0 Å². The van der Waals surface area contributed by atoms with Crippen LogP contribution >= 0.6 is 0 Å². The minimum absolute atomic E-state index is 0.0264. The van der Waals surface area contributed by atoms with Gasteiger partial charge in [0, 0.05) is 25.2 Å². The number of ether oxygens (including phenoxy) is 1. The fourth-order valence-electron chi connectivity index (χ4n) is 3.54. The van der Waals surface area contributed by atoms with E-state index in [1.165, 1.54) is 52.8 Å². The van der Waals surface area contributed by atoms with Crippen LogP contribution in [-0.4, -0.2) is 36.7 Å². The Morgan fingerprint density at radius 1 is 1.13 bits per heavy atom. The molecular formula is C21H24N2O6S. The Morgan fingerprint density at radius 2 is 1.80 bits per heavy atom. The average molecular weight is 432 g/mol. The van der Waals surface area contributed by atoms with Crippen molar-refractivity contribution in [3.63, 3.8) is 0 Å². The van der Waals surface area contributed by atoms with Crippen molar-refractivity contribution >= 4 is 21.7 Å². The van der Waals surface area contributed by atoms with Gasteiger partial charge in [0.25, 0.3) is 5.69 Å². The van der Waals surface area contributed by atoms with Crippen molar-refractivity contribution in [3.05, 3.63) is 69.8 Å². The Morgan fingerprint density at radius 3 is 2.43 bits per heavy atom. The smallest absolute Gasteiger partial charge is 0.338 e. The van der Waals surface area contributed by atoms with E-state index >= 15 is 0 Å². The van der Waals surface area contributed by atoms with Gasteiger partial charge >= 0.3 is 5.97 Å². The topological polar surface area (TPSA) is 107 Å². The highest BCUT2D eigenvalue weighted by Crippen LogP contribution is 2.27. The highest BCUT2D eigenvalue weighted by molar-refractivity contribution is 7.89. The standard InChI is InChI=1S/C21H24N2O6S/c1-22(18-7-3-2-4-8-18)30(27,28)20-9-5-6-17(14-20)21(24)29-15-16-10-12-19(13-11-16)23(25)26/h5-6,9-14,18H,2-4,7-8,15H2,1H3. The van der Waals surface area contributed by atoms with E-state index in [0.29, 0.717) is 5.56 Å². The Kier molecular flexibility index (Phi) is 6.84. The molecule has 0 unspecified atom stereocenters. The number of sulfonamides is 1. The molecule has 8 nitrogen and oxygen atoms in total. The van der Waals surface area contributed by atoms with Gasteiger partial charge in [0.1, 0.15) is 6.61 Å². The van der Waals surface area contributed by atoms with Crippen molar-refractivity contribution in [3.8, 4) is 0 Å². The monoisotopic (exact) mass is 432 g/mol. The fraction of sp³-hybridized carbons (Fsp3) is 0.381. The second-order valence-electron chi connectivity index (χ2n) is 7.34. The van der Waals surface area contributed by atoms with Crippen LogP contribution < -0.4 is 0 Å². The van der Waals surface area contributed by atoms with Crippen LogP contribution in [0.15, 0.2) is 53.4 Å². The zero-order chi connectivity index (χ0) is 21.7. The van der Waals surface area contributed by atoms with E-state index in [1.807, 2.05) is 0 Å². The number of esters is 1. The highest BCUT2D eigenvalue weighted by atomic mass is 32.2. The minimum Gasteiger partial charge on any atom is -0.457 e. The van der Waals surface area contributed by atoms with E-state index in [1.54, 1.807) is 7.05 Å². The number of carbonyl (C=O) groups excluding carboxylic acids is 1. The lowest BCUT2D eigenvalue weighted by atomic mass is 9.96. The maximum atomic E-state index is 13.0. The molecule has 1 saturated carbocycles. The predicted molar refractivity (Wildman–Crippen MR) is 110 cm³/mol. The van der Waals surface area contributed by atoms with Gasteiger partial charge in [0.05, 0.1) is 15.4 Å². The number of hydrogen-bond donors (Lipinski definition) is 0. The summed E-state index contributed by atoms with van der Waals surface area (Å²) in [5.41, 5.74) is 0.676. The maximum Gasteiger partial charge on any atom is 0.338 e. The molecule has 0 radical (unpaired) electrons. The van der Waals surface area contributed by atoms with Gasteiger partial charge in [-0.05, 0) is 48.7 Å². The van der Waals surface area contributed by atoms with Gasteiger partial charge in [0.2, 0.25) is 10.0 Å². The zero-order valence-electron chi connectivity index (χ0n) is 16.7. The van der Waals surface area contributed by atoms with E-state index in [9.17, 15) is 23.3 Å². The van der Waals surface area contributed by atoms with Gasteiger partial charge < -0.3 is 4.74 Å². The summed E-state index contributed by atoms with van der Waals surface area (Å²) in [5.74, 6) is -0.661. The van der Waals surface area contributed by atoms with E-state index in [2.05, 4.69) is 0 Å². The summed E-state index contributed by atoms with van der Waals surface area (Å²) in [7, 11) is -2.12. The fourth-order valence-corrected chi connectivity index (χ4v) is 5.00. The summed E-state index contributed by atoms with van der Waals surface area (Å²) < 4.78 is 32.6. The van der Waals surface area contributed by atoms with E-state index in [0.717, 1.165) is 32.1 Å². The van der Waals surface area contributed by atoms with Crippen LogP contribution in [0.25, 0.3) is 0 Å². The molecule has 9 heteroatoms. The molecule has 160 valence electrons. The summed E-state index contributed by atoms with van der Waals surface area (Å²) in [6, 6.07) is 11.5. The number of benzene rings is 2. The second-order valence-corrected chi connectivity index (χ2v) is 9.34. The van der Waals surface area contributed by atoms with Gasteiger partial charge in [-0.15, -0.1) is 0 Å². The molecule has 1 aliphatic carbocycles. The lowest BCUT2D eigenvalue weighted by Crippen LogP contribution is -2.38. The lowest BCUT2D eigenvalue weighted by Gasteiger charge is -2.30. The number of hydrogen-bond acceptors (Lipinski definition) is 6. The molecule has 1 aliphatic rings. The number of nitro benzene ring substituents is 1. The molecule has 0 aliphatic heterocycles. The van der Waals surface area contributed by atoms with Crippen molar-refractivity contribution < 1.29 is 22.9 Å². The van der Waals surface area contributed by atoms with Crippen molar-refractivity contribution in [1.82, 2.24) is 4.31 Å². The molecule has 0 N–H and O–H groups in total. The molecule has 2 aromatic carbocycles. The van der Waals surface area contributed by atoms with Gasteiger partial charge in [-0.25, -0.2) is 13.2 Å². The van der Waals surface area contributed by atoms with Crippen LogP contribution in [0, 0.1) is 10.1 Å². The average Bonchev–Trinajstić information content (AvgIpc) is 2.77. The molecule has 0 spiro atoms. The predicted octanol–water partition coefficient (Wildman–Crippen LogP) is 3.91. The van der Waals surface area contributed by atoms with Gasteiger partial charge in [-0.1, -0.05) is 25.3 Å². The number of rotatable bonds is 7. The van der Waals surface area contributed by atoms with E-state index in [-0.39, 0.29) is 28.8 Å². The first-order chi connectivity index (χ1) is 14.3. The number of carbonyl (C=O) groups is 1. The van der Waals surface area contributed by atoms with Gasteiger partial charge in [-0.3, -0.25) is 10.1 Å². The number of nitro groups is 1. The van der Waals surface area contributed by atoms with Crippen molar-refractivity contribution in [1.29, 1.82) is 0 Å². The number of nitrogens with zero attached hydrogens (tertiary/aromatic N) is 2. The first kappa shape index (κ1) is 21.9. The summed E-state index contributed by atoms with van der Waals surface area (Å²) in [5, 5.41) is 10.7. The quantitative estimate of drug-likeness (QED) is 0.373. The molecular weight excluding hydrogens is 408 g/mol. The third-order valence-electron chi connectivity index (χ3n) is 5.35. The molecule has 0 saturated heterocycles. The summed E-state index contributed by atoms with van der Waals surface area (Å²) in [6.45, 7) is -0.0736. The molecule has 30 heavy (non-hydrogen) atoms. The largest absolute Gasteiger partial charge is 0.457 e. The van der Waals surface area contributed by atoms with Crippen LogP contribution in [0.4, 0.5) is 5.69 Å². The van der Waals surface area contributed by atoms with Crippen LogP contribution in [0.5, 0.6) is 0 Å². The van der Waals surface area contributed by atoms with Crippen LogP contribution in [-0.2, 0) is 21.4 Å². The molecule has 1 fully saturated rings. The summed E-state index contributed by atoms with van der Waals surface area (Å²) >= 11 is 0.